The van der Waals surface area contributed by atoms with Crippen molar-refractivity contribution in [2.75, 3.05) is 11.4 Å². The minimum Gasteiger partial charge on any atom is -0.508 e. The maximum Gasteiger partial charge on any atom is 0.227 e. The number of phenols is 1. The fourth-order valence-corrected chi connectivity index (χ4v) is 3.86. The van der Waals surface area contributed by atoms with Gasteiger partial charge in [-0.3, -0.25) is 9.59 Å². The van der Waals surface area contributed by atoms with Crippen molar-refractivity contribution >= 4 is 17.5 Å². The molecule has 1 aliphatic heterocycles. The third-order valence-corrected chi connectivity index (χ3v) is 5.27. The number of hydrogen-bond acceptors (Lipinski definition) is 3. The summed E-state index contributed by atoms with van der Waals surface area (Å²) in [5, 5.41) is 12.4. The van der Waals surface area contributed by atoms with Gasteiger partial charge in [-0.1, -0.05) is 18.2 Å². The number of aryl methyl sites for hydroxylation is 2. The van der Waals surface area contributed by atoms with Gasteiger partial charge in [0.05, 0.1) is 5.92 Å². The lowest BCUT2D eigenvalue weighted by molar-refractivity contribution is -0.126. The lowest BCUT2D eigenvalue weighted by atomic mass is 10.1. The van der Waals surface area contributed by atoms with E-state index < -0.39 is 0 Å². The van der Waals surface area contributed by atoms with E-state index in [0.717, 1.165) is 24.1 Å². The Morgan fingerprint density at radius 1 is 1.15 bits per heavy atom. The van der Waals surface area contributed by atoms with Crippen LogP contribution in [0.3, 0.4) is 0 Å². The number of nitrogens with one attached hydrogen (secondary N) is 1. The van der Waals surface area contributed by atoms with Gasteiger partial charge in [-0.15, -0.1) is 0 Å². The first-order valence-electron chi connectivity index (χ1n) is 9.08. The highest BCUT2D eigenvalue weighted by Crippen LogP contribution is 2.30. The van der Waals surface area contributed by atoms with E-state index in [2.05, 4.69) is 17.4 Å². The number of nitrogens with zero attached hydrogens (tertiary/aromatic N) is 1. The molecule has 2 N–H and O–H groups in total. The molecule has 1 saturated heterocycles. The van der Waals surface area contributed by atoms with Gasteiger partial charge in [-0.2, -0.15) is 0 Å². The van der Waals surface area contributed by atoms with E-state index in [1.165, 1.54) is 17.5 Å². The first-order chi connectivity index (χ1) is 12.6. The average Bonchev–Trinajstić information content (AvgIpc) is 3.25. The second-order valence-electron chi connectivity index (χ2n) is 7.10. The van der Waals surface area contributed by atoms with Crippen molar-refractivity contribution in [3.63, 3.8) is 0 Å². The summed E-state index contributed by atoms with van der Waals surface area (Å²) in [5.41, 5.74) is 4.44. The summed E-state index contributed by atoms with van der Waals surface area (Å²) in [6, 6.07) is 13.0. The van der Waals surface area contributed by atoms with Crippen LogP contribution in [0.15, 0.2) is 42.5 Å². The highest BCUT2D eigenvalue weighted by atomic mass is 16.3. The molecule has 1 fully saturated rings. The predicted octanol–water partition coefficient (Wildman–Crippen LogP) is 2.55. The third-order valence-electron chi connectivity index (χ3n) is 5.27. The van der Waals surface area contributed by atoms with E-state index in [-0.39, 0.29) is 29.9 Å². The van der Waals surface area contributed by atoms with Crippen LogP contribution in [0, 0.1) is 5.92 Å². The molecule has 4 rings (SSSR count). The Hall–Kier alpha value is -2.82. The Morgan fingerprint density at radius 3 is 2.85 bits per heavy atom. The molecule has 26 heavy (non-hydrogen) atoms. The number of aromatic hydroxyl groups is 1. The number of rotatable bonds is 4. The molecule has 1 aliphatic carbocycles. The second-order valence-corrected chi connectivity index (χ2v) is 7.10. The summed E-state index contributed by atoms with van der Waals surface area (Å²) in [5.74, 6) is -0.283. The maximum atomic E-state index is 12.5. The molecule has 1 heterocycles. The lowest BCUT2D eigenvalue weighted by Crippen LogP contribution is -2.32. The van der Waals surface area contributed by atoms with E-state index in [9.17, 15) is 14.7 Å². The van der Waals surface area contributed by atoms with E-state index in [1.54, 1.807) is 23.1 Å². The quantitative estimate of drug-likeness (QED) is 0.890. The van der Waals surface area contributed by atoms with Crippen molar-refractivity contribution in [2.45, 2.75) is 32.2 Å². The number of hydrogen-bond donors (Lipinski definition) is 2. The summed E-state index contributed by atoms with van der Waals surface area (Å²) in [7, 11) is 0. The molecule has 0 saturated carbocycles. The monoisotopic (exact) mass is 350 g/mol. The van der Waals surface area contributed by atoms with Crippen molar-refractivity contribution in [2.24, 2.45) is 5.92 Å². The summed E-state index contributed by atoms with van der Waals surface area (Å²) in [6.07, 6.45) is 3.60. The molecule has 0 spiro atoms. The number of phenolic OH excluding ortho intramolecular Hbond substituents is 1. The van der Waals surface area contributed by atoms with Gasteiger partial charge in [-0.05, 0) is 60.2 Å². The Bertz CT molecular complexity index is 862. The summed E-state index contributed by atoms with van der Waals surface area (Å²) in [6.45, 7) is 0.764. The van der Waals surface area contributed by atoms with E-state index >= 15 is 0 Å². The van der Waals surface area contributed by atoms with Crippen LogP contribution >= 0.6 is 0 Å². The molecule has 0 bridgehead atoms. The van der Waals surface area contributed by atoms with Crippen LogP contribution in [0.5, 0.6) is 5.75 Å². The van der Waals surface area contributed by atoms with E-state index in [0.29, 0.717) is 13.1 Å². The van der Waals surface area contributed by atoms with Crippen molar-refractivity contribution in [3.05, 3.63) is 59.2 Å². The Labute approximate surface area is 152 Å². The Morgan fingerprint density at radius 2 is 2.00 bits per heavy atom. The molecule has 0 radical (unpaired) electrons. The number of benzene rings is 2. The van der Waals surface area contributed by atoms with Gasteiger partial charge in [0.2, 0.25) is 11.8 Å². The standard InChI is InChI=1S/C21H22N2O3/c24-19-6-1-3-14(9-19)12-22-21(26)17-11-20(25)23(13-17)18-8-7-15-4-2-5-16(15)10-18/h1,3,6-10,17,24H,2,4-5,11-13H2,(H,22,26)/t17-/m0/s1. The van der Waals surface area contributed by atoms with Crippen LogP contribution in [-0.2, 0) is 29.0 Å². The molecule has 2 aromatic carbocycles. The highest BCUT2D eigenvalue weighted by Gasteiger charge is 2.35. The van der Waals surface area contributed by atoms with E-state index in [1.807, 2.05) is 12.1 Å². The average molecular weight is 350 g/mol. The van der Waals surface area contributed by atoms with Crippen molar-refractivity contribution in [3.8, 4) is 5.75 Å². The molecule has 0 aromatic heterocycles. The largest absolute Gasteiger partial charge is 0.508 e. The first-order valence-corrected chi connectivity index (χ1v) is 9.08. The molecular formula is C21H22N2O3. The number of anilines is 1. The zero-order chi connectivity index (χ0) is 18.1. The molecule has 134 valence electrons. The molecule has 2 aliphatic rings. The lowest BCUT2D eigenvalue weighted by Gasteiger charge is -2.18. The topological polar surface area (TPSA) is 69.6 Å². The Balaban J connectivity index is 1.40. The molecule has 0 unspecified atom stereocenters. The molecular weight excluding hydrogens is 328 g/mol. The molecule has 5 nitrogen and oxygen atoms in total. The van der Waals surface area contributed by atoms with Crippen LogP contribution in [0.25, 0.3) is 0 Å². The number of fused-ring (bicyclic) bond motifs is 1. The van der Waals surface area contributed by atoms with Crippen molar-refractivity contribution in [1.29, 1.82) is 0 Å². The smallest absolute Gasteiger partial charge is 0.227 e. The van der Waals surface area contributed by atoms with Gasteiger partial charge >= 0.3 is 0 Å². The number of amides is 2. The minimum absolute atomic E-state index is 0.000419. The normalized spacial score (nSPS) is 18.8. The summed E-state index contributed by atoms with van der Waals surface area (Å²) < 4.78 is 0. The maximum absolute atomic E-state index is 12.5. The zero-order valence-corrected chi connectivity index (χ0v) is 14.6. The van der Waals surface area contributed by atoms with Crippen LogP contribution in [0.2, 0.25) is 0 Å². The third kappa shape index (κ3) is 3.29. The fourth-order valence-electron chi connectivity index (χ4n) is 3.86. The summed E-state index contributed by atoms with van der Waals surface area (Å²) >= 11 is 0. The zero-order valence-electron chi connectivity index (χ0n) is 14.6. The molecule has 2 amide bonds. The second kappa shape index (κ2) is 6.83. The minimum atomic E-state index is -0.340. The first kappa shape index (κ1) is 16.6. The predicted molar refractivity (Wildman–Crippen MR) is 98.9 cm³/mol. The molecule has 1 atom stereocenters. The van der Waals surface area contributed by atoms with Gasteiger partial charge in [0.25, 0.3) is 0 Å². The number of carbonyl (C=O) groups excluding carboxylic acids is 2. The van der Waals surface area contributed by atoms with Crippen molar-refractivity contribution < 1.29 is 14.7 Å². The van der Waals surface area contributed by atoms with Gasteiger partial charge in [0.1, 0.15) is 5.75 Å². The van der Waals surface area contributed by atoms with E-state index in [4.69, 9.17) is 0 Å². The van der Waals surface area contributed by atoms with Crippen LogP contribution in [-0.4, -0.2) is 23.5 Å². The van der Waals surface area contributed by atoms with Crippen LogP contribution in [0.4, 0.5) is 5.69 Å². The van der Waals surface area contributed by atoms with Gasteiger partial charge in [0.15, 0.2) is 0 Å². The van der Waals surface area contributed by atoms with Gasteiger partial charge in [0, 0.05) is 25.2 Å². The number of carbonyl (C=O) groups is 2. The van der Waals surface area contributed by atoms with Crippen LogP contribution < -0.4 is 10.2 Å². The SMILES string of the molecule is O=C(NCc1cccc(O)c1)[C@H]1CC(=O)N(c2ccc3c(c2)CCC3)C1. The fraction of sp³-hybridized carbons (Fsp3) is 0.333. The van der Waals surface area contributed by atoms with Crippen LogP contribution in [0.1, 0.15) is 29.5 Å². The molecule has 2 aromatic rings. The van der Waals surface area contributed by atoms with Gasteiger partial charge < -0.3 is 15.3 Å². The molecule has 5 heteroatoms. The van der Waals surface area contributed by atoms with Crippen molar-refractivity contribution in [1.82, 2.24) is 5.32 Å². The van der Waals surface area contributed by atoms with Gasteiger partial charge in [-0.25, -0.2) is 0 Å². The highest BCUT2D eigenvalue weighted by molar-refractivity contribution is 6.00. The summed E-state index contributed by atoms with van der Waals surface area (Å²) in [4.78, 5) is 26.6. The Kier molecular flexibility index (Phi) is 4.37.